The number of anilines is 1. The lowest BCUT2D eigenvalue weighted by Gasteiger charge is -2.19. The highest BCUT2D eigenvalue weighted by Gasteiger charge is 2.39. The summed E-state index contributed by atoms with van der Waals surface area (Å²) in [6.45, 7) is 5.66. The normalized spacial score (nSPS) is 19.9. The molecule has 2 aliphatic rings. The Balaban J connectivity index is 1.74. The minimum Gasteiger partial charge on any atom is -0.334 e. The van der Waals surface area contributed by atoms with E-state index in [9.17, 15) is 4.79 Å². The molecule has 2 aromatic rings. The van der Waals surface area contributed by atoms with Crippen LogP contribution < -0.4 is 4.90 Å². The Kier molecular flexibility index (Phi) is 6.82. The molecule has 1 saturated heterocycles. The van der Waals surface area contributed by atoms with Crippen molar-refractivity contribution in [2.45, 2.75) is 31.6 Å². The molecule has 2 aromatic carbocycles. The summed E-state index contributed by atoms with van der Waals surface area (Å²) >= 11 is 12.8. The van der Waals surface area contributed by atoms with Gasteiger partial charge in [-0.2, -0.15) is 0 Å². The van der Waals surface area contributed by atoms with Crippen LogP contribution in [-0.2, 0) is 4.79 Å². The van der Waals surface area contributed by atoms with Crippen LogP contribution in [0.1, 0.15) is 26.7 Å². The predicted molar refractivity (Wildman–Crippen MR) is 133 cm³/mol. The first kappa shape index (κ1) is 21.8. The Bertz CT molecular complexity index is 1040. The van der Waals surface area contributed by atoms with Gasteiger partial charge in [-0.3, -0.25) is 9.69 Å². The summed E-state index contributed by atoms with van der Waals surface area (Å²) in [5, 5.41) is 2.41. The number of thioether (sulfide) groups is 2. The number of unbranched alkanes of at least 4 members (excludes halogenated alkanes) is 1. The smallest absolute Gasteiger partial charge is 0.269 e. The van der Waals surface area contributed by atoms with E-state index in [1.54, 1.807) is 11.8 Å². The van der Waals surface area contributed by atoms with Crippen molar-refractivity contribution in [1.29, 1.82) is 0 Å². The van der Waals surface area contributed by atoms with E-state index >= 15 is 0 Å². The van der Waals surface area contributed by atoms with Crippen molar-refractivity contribution in [2.24, 2.45) is 4.99 Å². The maximum absolute atomic E-state index is 13.4. The van der Waals surface area contributed by atoms with Crippen LogP contribution >= 0.6 is 51.1 Å². The molecule has 1 amide bonds. The lowest BCUT2D eigenvalue weighted by atomic mass is 10.3. The van der Waals surface area contributed by atoms with Gasteiger partial charge in [0.15, 0.2) is 5.17 Å². The topological polar surface area (TPSA) is 35.9 Å². The Morgan fingerprint density at radius 2 is 1.83 bits per heavy atom. The van der Waals surface area contributed by atoms with Gasteiger partial charge in [0.05, 0.1) is 11.4 Å². The van der Waals surface area contributed by atoms with E-state index in [1.165, 1.54) is 11.8 Å². The molecule has 0 bridgehead atoms. The summed E-state index contributed by atoms with van der Waals surface area (Å²) in [5.41, 5.74) is 1.90. The van der Waals surface area contributed by atoms with Crippen molar-refractivity contribution >= 4 is 73.5 Å². The van der Waals surface area contributed by atoms with E-state index in [2.05, 4.69) is 34.7 Å². The van der Waals surface area contributed by atoms with Gasteiger partial charge in [-0.25, -0.2) is 4.99 Å². The highest BCUT2D eigenvalue weighted by Crippen LogP contribution is 2.51. The maximum Gasteiger partial charge on any atom is 0.269 e. The fourth-order valence-electron chi connectivity index (χ4n) is 3.30. The summed E-state index contributed by atoms with van der Waals surface area (Å²) in [5.74, 6) is 0.0316. The van der Waals surface area contributed by atoms with E-state index in [1.807, 2.05) is 47.4 Å². The number of amidine groups is 1. The third-order valence-electron chi connectivity index (χ3n) is 4.82. The standard InChI is InChI=1S/C22H21BrClN3OS2/c1-3-5-12-27-20(28)19(30-22(27)25-16-9-6-14(23)7-10-16)21-26(4-2)17-13-15(24)8-11-18(17)29-21/h6-11,13H,3-5,12H2,1-2H3/b21-19-,25-22?. The largest absolute Gasteiger partial charge is 0.334 e. The molecule has 2 heterocycles. The van der Waals surface area contributed by atoms with Gasteiger partial charge in [0.2, 0.25) is 0 Å². The molecule has 0 unspecified atom stereocenters. The van der Waals surface area contributed by atoms with Crippen molar-refractivity contribution in [3.05, 3.63) is 61.9 Å². The van der Waals surface area contributed by atoms with Gasteiger partial charge in [-0.05, 0) is 67.6 Å². The number of fused-ring (bicyclic) bond motifs is 1. The first-order chi connectivity index (χ1) is 14.5. The second-order valence-electron chi connectivity index (χ2n) is 6.88. The zero-order valence-electron chi connectivity index (χ0n) is 16.7. The molecular formula is C22H21BrClN3OS2. The molecule has 0 radical (unpaired) electrons. The fourth-order valence-corrected chi connectivity index (χ4v) is 6.13. The Labute approximate surface area is 198 Å². The van der Waals surface area contributed by atoms with Crippen molar-refractivity contribution in [3.8, 4) is 0 Å². The number of aliphatic imine (C=N–C) groups is 1. The van der Waals surface area contributed by atoms with E-state index in [4.69, 9.17) is 16.6 Å². The van der Waals surface area contributed by atoms with E-state index in [0.29, 0.717) is 11.6 Å². The van der Waals surface area contributed by atoms with Crippen molar-refractivity contribution in [1.82, 2.24) is 4.90 Å². The van der Waals surface area contributed by atoms with Gasteiger partial charge < -0.3 is 4.90 Å². The molecule has 0 N–H and O–H groups in total. The molecule has 0 atom stereocenters. The zero-order valence-corrected chi connectivity index (χ0v) is 20.7. The second kappa shape index (κ2) is 9.39. The molecular weight excluding hydrogens is 502 g/mol. The third kappa shape index (κ3) is 4.31. The predicted octanol–water partition coefficient (Wildman–Crippen LogP) is 7.27. The zero-order chi connectivity index (χ0) is 21.3. The lowest BCUT2D eigenvalue weighted by molar-refractivity contribution is -0.122. The lowest BCUT2D eigenvalue weighted by Crippen LogP contribution is -2.30. The van der Waals surface area contributed by atoms with Crippen molar-refractivity contribution in [3.63, 3.8) is 0 Å². The number of hydrogen-bond acceptors (Lipinski definition) is 5. The average Bonchev–Trinajstić information content (AvgIpc) is 3.24. The van der Waals surface area contributed by atoms with E-state index in [0.717, 1.165) is 55.2 Å². The summed E-state index contributed by atoms with van der Waals surface area (Å²) in [7, 11) is 0. The fraction of sp³-hybridized carbons (Fsp3) is 0.273. The monoisotopic (exact) mass is 521 g/mol. The average molecular weight is 523 g/mol. The number of halogens is 2. The SMILES string of the molecule is CCCCN1C(=O)/C(=C2/Sc3ccc(Cl)cc3N2CC)SC1=Nc1ccc(Br)cc1. The number of carbonyl (C=O) groups is 1. The van der Waals surface area contributed by atoms with Crippen LogP contribution in [0.15, 0.2) is 66.8 Å². The Hall–Kier alpha value is -1.41. The summed E-state index contributed by atoms with van der Waals surface area (Å²) in [6, 6.07) is 13.7. The molecule has 1 fully saturated rings. The number of hydrogen-bond donors (Lipinski definition) is 0. The van der Waals surface area contributed by atoms with Crippen LogP contribution in [0.2, 0.25) is 5.02 Å². The van der Waals surface area contributed by atoms with Crippen LogP contribution in [0.4, 0.5) is 11.4 Å². The number of amides is 1. The van der Waals surface area contributed by atoms with E-state index in [-0.39, 0.29) is 5.91 Å². The van der Waals surface area contributed by atoms with E-state index < -0.39 is 0 Å². The van der Waals surface area contributed by atoms with Gasteiger partial charge in [-0.15, -0.1) is 0 Å². The minimum atomic E-state index is 0.0316. The van der Waals surface area contributed by atoms with Gasteiger partial charge in [0.25, 0.3) is 5.91 Å². The minimum absolute atomic E-state index is 0.0316. The van der Waals surface area contributed by atoms with Crippen LogP contribution in [0, 0.1) is 0 Å². The Morgan fingerprint density at radius 3 is 2.53 bits per heavy atom. The number of carbonyl (C=O) groups excluding carboxylic acids is 1. The van der Waals surface area contributed by atoms with Crippen LogP contribution in [0.25, 0.3) is 0 Å². The highest BCUT2D eigenvalue weighted by molar-refractivity contribution is 9.10. The van der Waals surface area contributed by atoms with Crippen molar-refractivity contribution < 1.29 is 4.79 Å². The maximum atomic E-state index is 13.4. The quantitative estimate of drug-likeness (QED) is 0.387. The molecule has 0 aromatic heterocycles. The number of rotatable bonds is 5. The van der Waals surface area contributed by atoms with Gasteiger partial charge in [-0.1, -0.05) is 52.6 Å². The summed E-state index contributed by atoms with van der Waals surface area (Å²) in [6.07, 6.45) is 1.96. The molecule has 156 valence electrons. The van der Waals surface area contributed by atoms with Gasteiger partial charge in [0.1, 0.15) is 9.93 Å². The van der Waals surface area contributed by atoms with Gasteiger partial charge in [0, 0.05) is 27.5 Å². The van der Waals surface area contributed by atoms with Crippen molar-refractivity contribution in [2.75, 3.05) is 18.0 Å². The summed E-state index contributed by atoms with van der Waals surface area (Å²) < 4.78 is 1.00. The molecule has 8 heteroatoms. The number of benzene rings is 2. The molecule has 4 nitrogen and oxygen atoms in total. The molecule has 0 saturated carbocycles. The third-order valence-corrected chi connectivity index (χ3v) is 7.97. The van der Waals surface area contributed by atoms with Crippen LogP contribution in [0.5, 0.6) is 0 Å². The van der Waals surface area contributed by atoms with Gasteiger partial charge >= 0.3 is 0 Å². The number of nitrogens with zero attached hydrogens (tertiary/aromatic N) is 3. The Morgan fingerprint density at radius 1 is 1.07 bits per heavy atom. The first-order valence-corrected chi connectivity index (χ1v) is 12.7. The molecule has 4 rings (SSSR count). The highest BCUT2D eigenvalue weighted by atomic mass is 79.9. The molecule has 0 aliphatic carbocycles. The van der Waals surface area contributed by atoms with Crippen LogP contribution in [-0.4, -0.2) is 29.1 Å². The van der Waals surface area contributed by atoms with Crippen LogP contribution in [0.3, 0.4) is 0 Å². The first-order valence-electron chi connectivity index (χ1n) is 9.85. The molecule has 2 aliphatic heterocycles. The summed E-state index contributed by atoms with van der Waals surface area (Å²) in [4.78, 5) is 24.1. The second-order valence-corrected chi connectivity index (χ2v) is 10.2. The molecule has 0 spiro atoms. The molecule has 30 heavy (non-hydrogen) atoms.